The van der Waals surface area contributed by atoms with Gasteiger partial charge in [0, 0.05) is 6.54 Å². The third-order valence-electron chi connectivity index (χ3n) is 2.77. The lowest BCUT2D eigenvalue weighted by molar-refractivity contribution is -0.139. The first-order valence-corrected chi connectivity index (χ1v) is 6.67. The van der Waals surface area contributed by atoms with Crippen LogP contribution in [0.5, 0.6) is 0 Å². The highest BCUT2D eigenvalue weighted by Gasteiger charge is 2.12. The van der Waals surface area contributed by atoms with Gasteiger partial charge in [0.2, 0.25) is 0 Å². The van der Waals surface area contributed by atoms with Gasteiger partial charge in [-0.3, -0.25) is 9.59 Å². The lowest BCUT2D eigenvalue weighted by atomic mass is 9.87. The molecule has 0 aliphatic carbocycles. The van der Waals surface area contributed by atoms with Crippen LogP contribution < -0.4 is 10.7 Å². The molecule has 0 saturated heterocycles. The van der Waals surface area contributed by atoms with Crippen LogP contribution in [0.1, 0.15) is 31.9 Å². The van der Waals surface area contributed by atoms with Crippen molar-refractivity contribution in [2.24, 2.45) is 5.10 Å². The van der Waals surface area contributed by atoms with E-state index in [1.807, 2.05) is 24.3 Å². The summed E-state index contributed by atoms with van der Waals surface area (Å²) >= 11 is 0. The number of hydrazone groups is 1. The Morgan fingerprint density at radius 3 is 2.33 bits per heavy atom. The Morgan fingerprint density at radius 1 is 1.19 bits per heavy atom. The van der Waals surface area contributed by atoms with Gasteiger partial charge < -0.3 is 5.32 Å². The van der Waals surface area contributed by atoms with E-state index in [2.05, 4.69) is 43.2 Å². The van der Waals surface area contributed by atoms with E-state index in [0.29, 0.717) is 0 Å². The number of carbonyl (C=O) groups excluding carboxylic acids is 2. The predicted octanol–water partition coefficient (Wildman–Crippen LogP) is 1.74. The SMILES string of the molecule is C=CCNC(=O)C(=O)N/N=C/c1ccc(C(C)(C)C)cc1. The third kappa shape index (κ3) is 5.60. The van der Waals surface area contributed by atoms with Crippen LogP contribution in [0.25, 0.3) is 0 Å². The molecule has 2 amide bonds. The number of nitrogens with one attached hydrogen (secondary N) is 2. The van der Waals surface area contributed by atoms with Gasteiger partial charge in [0.15, 0.2) is 0 Å². The highest BCUT2D eigenvalue weighted by atomic mass is 16.2. The van der Waals surface area contributed by atoms with Gasteiger partial charge in [0.25, 0.3) is 0 Å². The van der Waals surface area contributed by atoms with Crippen molar-refractivity contribution in [3.63, 3.8) is 0 Å². The first-order chi connectivity index (χ1) is 9.84. The second-order valence-electron chi connectivity index (χ2n) is 5.57. The molecule has 5 heteroatoms. The fraction of sp³-hybridized carbons (Fsp3) is 0.312. The Labute approximate surface area is 125 Å². The molecular formula is C16H21N3O2. The van der Waals surface area contributed by atoms with E-state index in [-0.39, 0.29) is 12.0 Å². The van der Waals surface area contributed by atoms with Crippen molar-refractivity contribution >= 4 is 18.0 Å². The number of amides is 2. The second kappa shape index (κ2) is 7.38. The Hall–Kier alpha value is -2.43. The van der Waals surface area contributed by atoms with Crippen LogP contribution in [0.15, 0.2) is 42.0 Å². The number of hydrogen-bond donors (Lipinski definition) is 2. The fourth-order valence-corrected chi connectivity index (χ4v) is 1.53. The normalized spacial score (nSPS) is 11.2. The quantitative estimate of drug-likeness (QED) is 0.383. The zero-order valence-corrected chi connectivity index (χ0v) is 12.6. The Bertz CT molecular complexity index is 540. The minimum atomic E-state index is -0.806. The molecule has 1 aromatic carbocycles. The third-order valence-corrected chi connectivity index (χ3v) is 2.77. The summed E-state index contributed by atoms with van der Waals surface area (Å²) in [5.74, 6) is -1.55. The molecule has 112 valence electrons. The molecule has 0 heterocycles. The maximum absolute atomic E-state index is 11.4. The first-order valence-electron chi connectivity index (χ1n) is 6.67. The van der Waals surface area contributed by atoms with Crippen LogP contribution in [-0.4, -0.2) is 24.6 Å². The molecule has 0 fully saturated rings. The molecule has 0 aliphatic heterocycles. The molecule has 2 N–H and O–H groups in total. The van der Waals surface area contributed by atoms with Crippen LogP contribution >= 0.6 is 0 Å². The zero-order valence-electron chi connectivity index (χ0n) is 12.6. The van der Waals surface area contributed by atoms with Crippen molar-refractivity contribution < 1.29 is 9.59 Å². The van der Waals surface area contributed by atoms with Gasteiger partial charge in [-0.25, -0.2) is 5.43 Å². The van der Waals surface area contributed by atoms with Crippen molar-refractivity contribution in [3.05, 3.63) is 48.0 Å². The van der Waals surface area contributed by atoms with Gasteiger partial charge in [0.1, 0.15) is 0 Å². The van der Waals surface area contributed by atoms with Crippen molar-refractivity contribution in [2.45, 2.75) is 26.2 Å². The molecule has 0 bridgehead atoms. The molecule has 21 heavy (non-hydrogen) atoms. The first kappa shape index (κ1) is 16.6. The van der Waals surface area contributed by atoms with Gasteiger partial charge in [-0.05, 0) is 16.5 Å². The van der Waals surface area contributed by atoms with Gasteiger partial charge in [-0.15, -0.1) is 6.58 Å². The average Bonchev–Trinajstić information content (AvgIpc) is 2.44. The van der Waals surface area contributed by atoms with Crippen molar-refractivity contribution in [3.8, 4) is 0 Å². The molecule has 1 aromatic rings. The van der Waals surface area contributed by atoms with Crippen molar-refractivity contribution in [1.29, 1.82) is 0 Å². The topological polar surface area (TPSA) is 70.6 Å². The van der Waals surface area contributed by atoms with Gasteiger partial charge in [-0.2, -0.15) is 5.10 Å². The van der Waals surface area contributed by atoms with Crippen LogP contribution in [-0.2, 0) is 15.0 Å². The van der Waals surface area contributed by atoms with Crippen LogP contribution in [0.4, 0.5) is 0 Å². The van der Waals surface area contributed by atoms with Crippen LogP contribution in [0.3, 0.4) is 0 Å². The standard InChI is InChI=1S/C16H21N3O2/c1-5-10-17-14(20)15(21)19-18-11-12-6-8-13(9-7-12)16(2,3)4/h5-9,11H,1,10H2,2-4H3,(H,17,20)(H,19,21)/b18-11+. The maximum atomic E-state index is 11.4. The van der Waals surface area contributed by atoms with E-state index in [1.165, 1.54) is 17.9 Å². The van der Waals surface area contributed by atoms with E-state index in [1.54, 1.807) is 0 Å². The minimum absolute atomic E-state index is 0.0904. The molecule has 5 nitrogen and oxygen atoms in total. The molecule has 0 aliphatic rings. The lowest BCUT2D eigenvalue weighted by Gasteiger charge is -2.18. The Morgan fingerprint density at radius 2 is 1.81 bits per heavy atom. The smallest absolute Gasteiger partial charge is 0.329 e. The van der Waals surface area contributed by atoms with E-state index in [0.717, 1.165) is 5.56 Å². The molecular weight excluding hydrogens is 266 g/mol. The molecule has 0 aromatic heterocycles. The summed E-state index contributed by atoms with van der Waals surface area (Å²) in [5, 5.41) is 6.11. The molecule has 0 saturated carbocycles. The van der Waals surface area contributed by atoms with Gasteiger partial charge in [0.05, 0.1) is 6.21 Å². The molecule has 0 unspecified atom stereocenters. The summed E-state index contributed by atoms with van der Waals surface area (Å²) in [7, 11) is 0. The zero-order chi connectivity index (χ0) is 15.9. The number of hydrogen-bond acceptors (Lipinski definition) is 3. The lowest BCUT2D eigenvalue weighted by Crippen LogP contribution is -2.37. The number of nitrogens with zero attached hydrogens (tertiary/aromatic N) is 1. The largest absolute Gasteiger partial charge is 0.344 e. The van der Waals surface area contributed by atoms with E-state index >= 15 is 0 Å². The maximum Gasteiger partial charge on any atom is 0.329 e. The summed E-state index contributed by atoms with van der Waals surface area (Å²) in [6, 6.07) is 7.85. The van der Waals surface area contributed by atoms with Gasteiger partial charge >= 0.3 is 11.8 Å². The minimum Gasteiger partial charge on any atom is -0.344 e. The van der Waals surface area contributed by atoms with Crippen molar-refractivity contribution in [1.82, 2.24) is 10.7 Å². The van der Waals surface area contributed by atoms with Gasteiger partial charge in [-0.1, -0.05) is 51.1 Å². The number of benzene rings is 1. The number of carbonyl (C=O) groups is 2. The van der Waals surface area contributed by atoms with Crippen LogP contribution in [0, 0.1) is 0 Å². The highest BCUT2D eigenvalue weighted by molar-refractivity contribution is 6.35. The molecule has 0 radical (unpaired) electrons. The molecule has 0 atom stereocenters. The summed E-state index contributed by atoms with van der Waals surface area (Å²) in [6.45, 7) is 10.1. The summed E-state index contributed by atoms with van der Waals surface area (Å²) < 4.78 is 0. The summed E-state index contributed by atoms with van der Waals surface area (Å²) in [6.07, 6.45) is 2.98. The highest BCUT2D eigenvalue weighted by Crippen LogP contribution is 2.21. The monoisotopic (exact) mass is 287 g/mol. The Balaban J connectivity index is 2.55. The van der Waals surface area contributed by atoms with Crippen LogP contribution in [0.2, 0.25) is 0 Å². The predicted molar refractivity (Wildman–Crippen MR) is 84.1 cm³/mol. The van der Waals surface area contributed by atoms with E-state index in [4.69, 9.17) is 0 Å². The molecule has 0 spiro atoms. The fourth-order valence-electron chi connectivity index (χ4n) is 1.53. The average molecular weight is 287 g/mol. The number of rotatable bonds is 4. The molecule has 1 rings (SSSR count). The Kier molecular flexibility index (Phi) is 5.84. The van der Waals surface area contributed by atoms with E-state index < -0.39 is 11.8 Å². The summed E-state index contributed by atoms with van der Waals surface area (Å²) in [4.78, 5) is 22.6. The summed E-state index contributed by atoms with van der Waals surface area (Å²) in [5.41, 5.74) is 4.32. The second-order valence-corrected chi connectivity index (χ2v) is 5.57. The van der Waals surface area contributed by atoms with Crippen molar-refractivity contribution in [2.75, 3.05) is 6.54 Å². The van der Waals surface area contributed by atoms with E-state index in [9.17, 15) is 9.59 Å².